The zero-order valence-corrected chi connectivity index (χ0v) is 12.6. The lowest BCUT2D eigenvalue weighted by molar-refractivity contribution is -0.122. The van der Waals surface area contributed by atoms with Gasteiger partial charge in [0, 0.05) is 19.1 Å². The molecular weight excluding hydrogens is 262 g/mol. The molecule has 4 nitrogen and oxygen atoms in total. The molecule has 0 aliphatic heterocycles. The first-order valence-corrected chi connectivity index (χ1v) is 6.27. The molecule has 2 atom stereocenters. The van der Waals surface area contributed by atoms with Crippen LogP contribution < -0.4 is 11.1 Å². The van der Waals surface area contributed by atoms with Crippen LogP contribution in [0.5, 0.6) is 0 Å². The quantitative estimate of drug-likeness (QED) is 0.830. The Bertz CT molecular complexity index is 370. The summed E-state index contributed by atoms with van der Waals surface area (Å²) in [6, 6.07) is 9.91. The summed E-state index contributed by atoms with van der Waals surface area (Å²) < 4.78 is 0. The van der Waals surface area contributed by atoms with Gasteiger partial charge in [-0.1, -0.05) is 30.3 Å². The number of nitrogens with one attached hydrogen (secondary N) is 1. The van der Waals surface area contributed by atoms with Crippen molar-refractivity contribution in [2.75, 3.05) is 13.6 Å². The molecule has 1 aromatic carbocycles. The maximum atomic E-state index is 11.4. The Morgan fingerprint density at radius 1 is 1.32 bits per heavy atom. The van der Waals surface area contributed by atoms with Crippen LogP contribution in [-0.2, 0) is 11.3 Å². The maximum absolute atomic E-state index is 11.4. The van der Waals surface area contributed by atoms with Crippen LogP contribution >= 0.6 is 12.4 Å². The minimum atomic E-state index is -0.452. The predicted molar refractivity (Wildman–Crippen MR) is 81.3 cm³/mol. The number of rotatable bonds is 6. The molecule has 0 spiro atoms. The van der Waals surface area contributed by atoms with Gasteiger partial charge < -0.3 is 16.0 Å². The molecule has 108 valence electrons. The highest BCUT2D eigenvalue weighted by Crippen LogP contribution is 2.03. The Morgan fingerprint density at radius 2 is 1.89 bits per heavy atom. The SMILES string of the molecule is CC(CN(C)Cc1ccccc1)NC(=O)C(C)N.Cl. The van der Waals surface area contributed by atoms with E-state index in [9.17, 15) is 4.79 Å². The van der Waals surface area contributed by atoms with Crippen molar-refractivity contribution >= 4 is 18.3 Å². The first kappa shape index (κ1) is 17.9. The molecule has 0 aliphatic carbocycles. The highest BCUT2D eigenvalue weighted by molar-refractivity contribution is 5.85. The van der Waals surface area contributed by atoms with E-state index in [4.69, 9.17) is 5.73 Å². The monoisotopic (exact) mass is 285 g/mol. The number of hydrogen-bond donors (Lipinski definition) is 2. The lowest BCUT2D eigenvalue weighted by Gasteiger charge is -2.22. The molecule has 0 aromatic heterocycles. The van der Waals surface area contributed by atoms with E-state index < -0.39 is 6.04 Å². The lowest BCUT2D eigenvalue weighted by Crippen LogP contribution is -2.46. The Hall–Kier alpha value is -1.10. The first-order chi connectivity index (χ1) is 8.49. The van der Waals surface area contributed by atoms with Crippen molar-refractivity contribution in [3.8, 4) is 0 Å². The van der Waals surface area contributed by atoms with Gasteiger partial charge in [0.1, 0.15) is 0 Å². The highest BCUT2D eigenvalue weighted by atomic mass is 35.5. The largest absolute Gasteiger partial charge is 0.351 e. The van der Waals surface area contributed by atoms with E-state index in [2.05, 4.69) is 22.3 Å². The summed E-state index contributed by atoms with van der Waals surface area (Å²) in [5, 5.41) is 2.89. The molecule has 0 bridgehead atoms. The summed E-state index contributed by atoms with van der Waals surface area (Å²) in [4.78, 5) is 13.6. The van der Waals surface area contributed by atoms with Crippen LogP contribution in [0.2, 0.25) is 0 Å². The second-order valence-corrected chi connectivity index (χ2v) is 4.88. The van der Waals surface area contributed by atoms with Gasteiger partial charge in [0.05, 0.1) is 6.04 Å². The number of likely N-dealkylation sites (N-methyl/N-ethyl adjacent to an activating group) is 1. The number of benzene rings is 1. The van der Waals surface area contributed by atoms with Gasteiger partial charge in [-0.25, -0.2) is 0 Å². The Balaban J connectivity index is 0.00000324. The molecule has 0 aliphatic rings. The van der Waals surface area contributed by atoms with E-state index in [1.165, 1.54) is 5.56 Å². The fourth-order valence-electron chi connectivity index (χ4n) is 1.85. The molecule has 0 saturated carbocycles. The van der Waals surface area contributed by atoms with Crippen molar-refractivity contribution in [2.45, 2.75) is 32.5 Å². The molecule has 0 saturated heterocycles. The topological polar surface area (TPSA) is 58.4 Å². The summed E-state index contributed by atoms with van der Waals surface area (Å²) in [7, 11) is 2.04. The van der Waals surface area contributed by atoms with Crippen molar-refractivity contribution in [3.05, 3.63) is 35.9 Å². The van der Waals surface area contributed by atoms with E-state index in [-0.39, 0.29) is 24.4 Å². The van der Waals surface area contributed by atoms with Crippen molar-refractivity contribution in [3.63, 3.8) is 0 Å². The summed E-state index contributed by atoms with van der Waals surface area (Å²) in [6.45, 7) is 5.35. The minimum absolute atomic E-state index is 0. The molecule has 2 unspecified atom stereocenters. The van der Waals surface area contributed by atoms with Crippen LogP contribution in [0, 0.1) is 0 Å². The second-order valence-electron chi connectivity index (χ2n) is 4.88. The number of carbonyl (C=O) groups is 1. The van der Waals surface area contributed by atoms with Crippen LogP contribution in [-0.4, -0.2) is 36.5 Å². The van der Waals surface area contributed by atoms with Crippen LogP contribution in [0.1, 0.15) is 19.4 Å². The maximum Gasteiger partial charge on any atom is 0.236 e. The number of halogens is 1. The zero-order valence-electron chi connectivity index (χ0n) is 11.8. The predicted octanol–water partition coefficient (Wildman–Crippen LogP) is 1.39. The molecule has 5 heteroatoms. The van der Waals surface area contributed by atoms with Gasteiger partial charge in [-0.15, -0.1) is 12.4 Å². The molecule has 0 heterocycles. The van der Waals surface area contributed by atoms with Crippen molar-refractivity contribution < 1.29 is 4.79 Å². The number of amides is 1. The van der Waals surface area contributed by atoms with Crippen LogP contribution in [0.4, 0.5) is 0 Å². The Labute approximate surface area is 121 Å². The molecule has 1 rings (SSSR count). The van der Waals surface area contributed by atoms with E-state index >= 15 is 0 Å². The van der Waals surface area contributed by atoms with Gasteiger partial charge in [-0.2, -0.15) is 0 Å². The van der Waals surface area contributed by atoms with Gasteiger partial charge in [-0.3, -0.25) is 4.79 Å². The number of hydrogen-bond acceptors (Lipinski definition) is 3. The molecule has 3 N–H and O–H groups in total. The van der Waals surface area contributed by atoms with E-state index in [1.54, 1.807) is 6.92 Å². The van der Waals surface area contributed by atoms with Gasteiger partial charge in [0.15, 0.2) is 0 Å². The first-order valence-electron chi connectivity index (χ1n) is 6.27. The van der Waals surface area contributed by atoms with Crippen molar-refractivity contribution in [1.29, 1.82) is 0 Å². The van der Waals surface area contributed by atoms with Crippen LogP contribution in [0.15, 0.2) is 30.3 Å². The summed E-state index contributed by atoms with van der Waals surface area (Å²) in [5.74, 6) is -0.101. The minimum Gasteiger partial charge on any atom is -0.351 e. The van der Waals surface area contributed by atoms with Gasteiger partial charge in [-0.05, 0) is 26.5 Å². The Morgan fingerprint density at radius 3 is 2.42 bits per heavy atom. The third-order valence-corrected chi connectivity index (χ3v) is 2.68. The zero-order chi connectivity index (χ0) is 13.5. The molecule has 1 aromatic rings. The van der Waals surface area contributed by atoms with Gasteiger partial charge in [0.2, 0.25) is 5.91 Å². The smallest absolute Gasteiger partial charge is 0.236 e. The average Bonchev–Trinajstić information content (AvgIpc) is 2.29. The van der Waals surface area contributed by atoms with E-state index in [1.807, 2.05) is 32.2 Å². The molecule has 1 amide bonds. The fourth-order valence-corrected chi connectivity index (χ4v) is 1.85. The molecule has 19 heavy (non-hydrogen) atoms. The van der Waals surface area contributed by atoms with Gasteiger partial charge in [0.25, 0.3) is 0 Å². The van der Waals surface area contributed by atoms with Crippen molar-refractivity contribution in [2.24, 2.45) is 5.73 Å². The fraction of sp³-hybridized carbons (Fsp3) is 0.500. The third kappa shape index (κ3) is 7.15. The number of nitrogens with two attached hydrogens (primary N) is 1. The van der Waals surface area contributed by atoms with Crippen LogP contribution in [0.3, 0.4) is 0 Å². The molecule has 0 radical (unpaired) electrons. The highest BCUT2D eigenvalue weighted by Gasteiger charge is 2.12. The summed E-state index contributed by atoms with van der Waals surface area (Å²) in [6.07, 6.45) is 0. The van der Waals surface area contributed by atoms with E-state index in [0.29, 0.717) is 0 Å². The summed E-state index contributed by atoms with van der Waals surface area (Å²) >= 11 is 0. The van der Waals surface area contributed by atoms with Crippen molar-refractivity contribution in [1.82, 2.24) is 10.2 Å². The van der Waals surface area contributed by atoms with E-state index in [0.717, 1.165) is 13.1 Å². The molecule has 0 fully saturated rings. The average molecular weight is 286 g/mol. The normalized spacial score (nSPS) is 13.5. The van der Waals surface area contributed by atoms with Crippen LogP contribution in [0.25, 0.3) is 0 Å². The van der Waals surface area contributed by atoms with Gasteiger partial charge >= 0.3 is 0 Å². The molecular formula is C14H24ClN3O. The number of carbonyl (C=O) groups excluding carboxylic acids is 1. The lowest BCUT2D eigenvalue weighted by atomic mass is 10.2. The summed E-state index contributed by atoms with van der Waals surface area (Å²) in [5.41, 5.74) is 6.78. The number of nitrogens with zero attached hydrogens (tertiary/aromatic N) is 1. The second kappa shape index (κ2) is 8.91. The Kier molecular flexibility index (Phi) is 8.39. The third-order valence-electron chi connectivity index (χ3n) is 2.68. The standard InChI is InChI=1S/C14H23N3O.ClH/c1-11(16-14(18)12(2)15)9-17(3)10-13-7-5-4-6-8-13;/h4-8,11-12H,9-10,15H2,1-3H3,(H,16,18);1H.